The average molecular weight is 430 g/mol. The Hall–Kier alpha value is -1.54. The molecule has 29 heavy (non-hydrogen) atoms. The second-order valence-corrected chi connectivity index (χ2v) is 8.42. The highest BCUT2D eigenvalue weighted by molar-refractivity contribution is 5.85. The molecule has 4 N–H and O–H groups in total. The van der Waals surface area contributed by atoms with E-state index in [1.165, 1.54) is 12.8 Å². The minimum atomic E-state index is -0.158. The van der Waals surface area contributed by atoms with E-state index in [2.05, 4.69) is 10.6 Å². The number of hydrogen-bond donors (Lipinski definition) is 3. The van der Waals surface area contributed by atoms with Crippen molar-refractivity contribution in [3.63, 3.8) is 0 Å². The molecule has 2 unspecified atom stereocenters. The first-order chi connectivity index (χ1) is 13.6. The van der Waals surface area contributed by atoms with Crippen molar-refractivity contribution in [3.8, 4) is 0 Å². The standard InChI is InChI=1S/C20H35N5O3.ClH/c21-9-10-22-18(26)15-5-3-11-24(13-15)19(27)16-6-4-12-25(14-16)20(28)23-17-7-1-2-8-17;/h15-17H,1-14,21H2,(H,22,26)(H,23,28);1H. The SMILES string of the molecule is Cl.NCCNC(=O)C1CCCN(C(=O)C2CCCN(C(=O)NC3CCCC3)C2)C1. The Balaban J connectivity index is 0.00000300. The molecular formula is C20H36ClN5O3. The number of nitrogens with one attached hydrogen (secondary N) is 2. The van der Waals surface area contributed by atoms with Gasteiger partial charge in [-0.05, 0) is 38.5 Å². The van der Waals surface area contributed by atoms with Gasteiger partial charge in [0.2, 0.25) is 11.8 Å². The highest BCUT2D eigenvalue weighted by Crippen LogP contribution is 2.24. The van der Waals surface area contributed by atoms with Gasteiger partial charge in [-0.1, -0.05) is 12.8 Å². The summed E-state index contributed by atoms with van der Waals surface area (Å²) in [5, 5.41) is 5.96. The first-order valence-electron chi connectivity index (χ1n) is 10.9. The zero-order chi connectivity index (χ0) is 19.9. The number of piperidine rings is 2. The highest BCUT2D eigenvalue weighted by Gasteiger charge is 2.35. The van der Waals surface area contributed by atoms with Gasteiger partial charge < -0.3 is 26.2 Å². The van der Waals surface area contributed by atoms with E-state index in [9.17, 15) is 14.4 Å². The van der Waals surface area contributed by atoms with E-state index in [1.54, 1.807) is 4.90 Å². The fourth-order valence-corrected chi connectivity index (χ4v) is 4.69. The van der Waals surface area contributed by atoms with Gasteiger partial charge in [0.05, 0.1) is 11.8 Å². The summed E-state index contributed by atoms with van der Waals surface area (Å²) in [6, 6.07) is 0.264. The molecule has 2 aliphatic heterocycles. The first-order valence-corrected chi connectivity index (χ1v) is 10.9. The molecule has 0 aromatic heterocycles. The summed E-state index contributed by atoms with van der Waals surface area (Å²) in [6.45, 7) is 3.26. The number of nitrogens with two attached hydrogens (primary N) is 1. The second kappa shape index (κ2) is 11.6. The Morgan fingerprint density at radius 1 is 0.862 bits per heavy atom. The largest absolute Gasteiger partial charge is 0.355 e. The molecule has 0 radical (unpaired) electrons. The smallest absolute Gasteiger partial charge is 0.317 e. The van der Waals surface area contributed by atoms with Crippen molar-refractivity contribution in [3.05, 3.63) is 0 Å². The van der Waals surface area contributed by atoms with Crippen LogP contribution < -0.4 is 16.4 Å². The van der Waals surface area contributed by atoms with Crippen LogP contribution in [0.5, 0.6) is 0 Å². The highest BCUT2D eigenvalue weighted by atomic mass is 35.5. The molecule has 3 aliphatic rings. The minimum Gasteiger partial charge on any atom is -0.355 e. The van der Waals surface area contributed by atoms with Crippen molar-refractivity contribution >= 4 is 30.3 Å². The van der Waals surface area contributed by atoms with E-state index >= 15 is 0 Å². The van der Waals surface area contributed by atoms with Gasteiger partial charge in [-0.15, -0.1) is 12.4 Å². The molecule has 0 spiro atoms. The van der Waals surface area contributed by atoms with E-state index in [0.29, 0.717) is 45.3 Å². The molecular weight excluding hydrogens is 394 g/mol. The summed E-state index contributed by atoms with van der Waals surface area (Å²) < 4.78 is 0. The normalized spacial score (nSPS) is 25.3. The Morgan fingerprint density at radius 3 is 2.17 bits per heavy atom. The van der Waals surface area contributed by atoms with Gasteiger partial charge in [0.1, 0.15) is 0 Å². The fraction of sp³-hybridized carbons (Fsp3) is 0.850. The molecule has 9 heteroatoms. The number of halogens is 1. The minimum absolute atomic E-state index is 0. The third-order valence-electron chi connectivity index (χ3n) is 6.29. The van der Waals surface area contributed by atoms with Crippen LogP contribution in [0.25, 0.3) is 0 Å². The van der Waals surface area contributed by atoms with Crippen molar-refractivity contribution in [2.45, 2.75) is 57.4 Å². The summed E-state index contributed by atoms with van der Waals surface area (Å²) in [4.78, 5) is 41.5. The Labute approximate surface area is 179 Å². The lowest BCUT2D eigenvalue weighted by molar-refractivity contribution is -0.140. The lowest BCUT2D eigenvalue weighted by atomic mass is 9.92. The van der Waals surface area contributed by atoms with Crippen LogP contribution in [-0.2, 0) is 9.59 Å². The van der Waals surface area contributed by atoms with Crippen LogP contribution in [0.1, 0.15) is 51.4 Å². The van der Waals surface area contributed by atoms with Crippen LogP contribution in [0.15, 0.2) is 0 Å². The number of urea groups is 1. The molecule has 0 bridgehead atoms. The van der Waals surface area contributed by atoms with Crippen LogP contribution in [0.2, 0.25) is 0 Å². The van der Waals surface area contributed by atoms with Crippen molar-refractivity contribution < 1.29 is 14.4 Å². The quantitative estimate of drug-likeness (QED) is 0.607. The summed E-state index contributed by atoms with van der Waals surface area (Å²) in [5.74, 6) is -0.234. The summed E-state index contributed by atoms with van der Waals surface area (Å²) in [5.41, 5.74) is 5.45. The molecule has 3 fully saturated rings. The van der Waals surface area contributed by atoms with Gasteiger partial charge in [-0.2, -0.15) is 0 Å². The van der Waals surface area contributed by atoms with Crippen LogP contribution in [-0.4, -0.2) is 73.0 Å². The lowest BCUT2D eigenvalue weighted by Gasteiger charge is -2.38. The van der Waals surface area contributed by atoms with Crippen molar-refractivity contribution in [1.29, 1.82) is 0 Å². The van der Waals surface area contributed by atoms with E-state index in [0.717, 1.165) is 38.5 Å². The molecule has 0 aromatic rings. The number of amides is 4. The van der Waals surface area contributed by atoms with Crippen LogP contribution in [0.4, 0.5) is 4.79 Å². The molecule has 8 nitrogen and oxygen atoms in total. The second-order valence-electron chi connectivity index (χ2n) is 8.42. The predicted molar refractivity (Wildman–Crippen MR) is 114 cm³/mol. The van der Waals surface area contributed by atoms with Gasteiger partial charge in [-0.3, -0.25) is 9.59 Å². The molecule has 2 heterocycles. The number of nitrogens with zero attached hydrogens (tertiary/aromatic N) is 2. The van der Waals surface area contributed by atoms with Gasteiger partial charge in [0.15, 0.2) is 0 Å². The monoisotopic (exact) mass is 429 g/mol. The predicted octanol–water partition coefficient (Wildman–Crippen LogP) is 1.09. The number of likely N-dealkylation sites (tertiary alicyclic amines) is 2. The van der Waals surface area contributed by atoms with Gasteiger partial charge in [-0.25, -0.2) is 4.79 Å². The van der Waals surface area contributed by atoms with Gasteiger partial charge in [0, 0.05) is 45.3 Å². The molecule has 4 amide bonds. The van der Waals surface area contributed by atoms with Crippen molar-refractivity contribution in [1.82, 2.24) is 20.4 Å². The fourth-order valence-electron chi connectivity index (χ4n) is 4.69. The van der Waals surface area contributed by atoms with E-state index in [-0.39, 0.29) is 42.1 Å². The molecule has 2 atom stereocenters. The van der Waals surface area contributed by atoms with Gasteiger partial charge >= 0.3 is 6.03 Å². The maximum atomic E-state index is 13.1. The molecule has 0 aromatic carbocycles. The average Bonchev–Trinajstić information content (AvgIpc) is 3.24. The molecule has 1 aliphatic carbocycles. The van der Waals surface area contributed by atoms with E-state index in [1.807, 2.05) is 4.90 Å². The summed E-state index contributed by atoms with van der Waals surface area (Å²) in [7, 11) is 0. The van der Waals surface area contributed by atoms with Crippen LogP contribution in [0.3, 0.4) is 0 Å². The first kappa shape index (κ1) is 23.7. The number of hydrogen-bond acceptors (Lipinski definition) is 4. The zero-order valence-electron chi connectivity index (χ0n) is 17.2. The number of carbonyl (C=O) groups excluding carboxylic acids is 3. The maximum absolute atomic E-state index is 13.1. The Bertz CT molecular complexity index is 570. The van der Waals surface area contributed by atoms with Crippen LogP contribution >= 0.6 is 12.4 Å². The molecule has 2 saturated heterocycles. The van der Waals surface area contributed by atoms with Crippen molar-refractivity contribution in [2.24, 2.45) is 17.6 Å². The Kier molecular flexibility index (Phi) is 9.49. The van der Waals surface area contributed by atoms with E-state index in [4.69, 9.17) is 5.73 Å². The summed E-state index contributed by atoms with van der Waals surface area (Å²) >= 11 is 0. The number of carbonyl (C=O) groups is 3. The van der Waals surface area contributed by atoms with Gasteiger partial charge in [0.25, 0.3) is 0 Å². The molecule has 1 saturated carbocycles. The lowest BCUT2D eigenvalue weighted by Crippen LogP contribution is -2.53. The maximum Gasteiger partial charge on any atom is 0.317 e. The topological polar surface area (TPSA) is 108 Å². The van der Waals surface area contributed by atoms with Crippen molar-refractivity contribution in [2.75, 3.05) is 39.3 Å². The third kappa shape index (κ3) is 6.47. The van der Waals surface area contributed by atoms with Crippen LogP contribution in [0, 0.1) is 11.8 Å². The number of rotatable bonds is 5. The summed E-state index contributed by atoms with van der Waals surface area (Å²) in [6.07, 6.45) is 7.79. The molecule has 166 valence electrons. The third-order valence-corrected chi connectivity index (χ3v) is 6.29. The molecule has 3 rings (SSSR count). The Morgan fingerprint density at radius 2 is 1.48 bits per heavy atom. The van der Waals surface area contributed by atoms with E-state index < -0.39 is 0 Å². The zero-order valence-corrected chi connectivity index (χ0v) is 18.1.